The van der Waals surface area contributed by atoms with Gasteiger partial charge in [-0.05, 0) is 38.5 Å². The summed E-state index contributed by atoms with van der Waals surface area (Å²) in [6.07, 6.45) is 13.5. The van der Waals surface area contributed by atoms with Gasteiger partial charge in [0.05, 0.1) is 5.41 Å². The van der Waals surface area contributed by atoms with Crippen LogP contribution in [0.5, 0.6) is 0 Å². The van der Waals surface area contributed by atoms with Crippen molar-refractivity contribution < 1.29 is 9.90 Å². The lowest BCUT2D eigenvalue weighted by Gasteiger charge is -2.26. The Hall–Kier alpha value is -1.05. The maximum atomic E-state index is 11.3. The first-order chi connectivity index (χ1) is 7.21. The van der Waals surface area contributed by atoms with E-state index < -0.39 is 11.4 Å². The van der Waals surface area contributed by atoms with Crippen LogP contribution in [0, 0.1) is 5.41 Å². The fraction of sp³-hybridized carbons (Fsp3) is 0.615. The van der Waals surface area contributed by atoms with Gasteiger partial charge < -0.3 is 5.11 Å². The Morgan fingerprint density at radius 3 is 2.40 bits per heavy atom. The van der Waals surface area contributed by atoms with Crippen LogP contribution in [-0.4, -0.2) is 11.1 Å². The monoisotopic (exact) mass is 208 g/mol. The minimum absolute atomic E-state index is 0.543. The van der Waals surface area contributed by atoms with Crippen LogP contribution in [0.3, 0.4) is 0 Å². The van der Waals surface area contributed by atoms with Gasteiger partial charge in [0.1, 0.15) is 0 Å². The maximum Gasteiger partial charge on any atom is 0.309 e. The van der Waals surface area contributed by atoms with Gasteiger partial charge in [-0.15, -0.1) is 0 Å². The third kappa shape index (κ3) is 3.22. The van der Waals surface area contributed by atoms with Crippen molar-refractivity contribution in [2.45, 2.75) is 45.4 Å². The molecule has 1 unspecified atom stereocenters. The molecule has 84 valence electrons. The third-order valence-electron chi connectivity index (χ3n) is 3.26. The van der Waals surface area contributed by atoms with Crippen molar-refractivity contribution in [3.05, 3.63) is 24.3 Å². The normalized spacial score (nSPS) is 27.5. The van der Waals surface area contributed by atoms with Crippen molar-refractivity contribution in [2.24, 2.45) is 5.41 Å². The van der Waals surface area contributed by atoms with Crippen LogP contribution in [0.2, 0.25) is 0 Å². The minimum atomic E-state index is -0.649. The minimum Gasteiger partial charge on any atom is -0.481 e. The molecule has 0 aliphatic heterocycles. The number of hydrogen-bond donors (Lipinski definition) is 1. The second kappa shape index (κ2) is 5.74. The molecule has 0 saturated heterocycles. The van der Waals surface area contributed by atoms with Crippen molar-refractivity contribution in [3.63, 3.8) is 0 Å². The molecule has 0 heterocycles. The van der Waals surface area contributed by atoms with E-state index in [1.54, 1.807) is 0 Å². The van der Waals surface area contributed by atoms with Gasteiger partial charge in [-0.2, -0.15) is 0 Å². The van der Waals surface area contributed by atoms with E-state index in [9.17, 15) is 9.90 Å². The molecule has 15 heavy (non-hydrogen) atoms. The first-order valence-corrected chi connectivity index (χ1v) is 5.75. The predicted molar refractivity (Wildman–Crippen MR) is 61.7 cm³/mol. The van der Waals surface area contributed by atoms with E-state index in [0.717, 1.165) is 25.7 Å². The molecule has 1 atom stereocenters. The Bertz CT molecular complexity index is 266. The van der Waals surface area contributed by atoms with Crippen LogP contribution < -0.4 is 0 Å². The molecule has 0 saturated carbocycles. The van der Waals surface area contributed by atoms with E-state index in [1.165, 1.54) is 0 Å². The van der Waals surface area contributed by atoms with Crippen molar-refractivity contribution in [1.82, 2.24) is 0 Å². The van der Waals surface area contributed by atoms with Gasteiger partial charge in [0.2, 0.25) is 0 Å². The van der Waals surface area contributed by atoms with Crippen molar-refractivity contribution in [3.8, 4) is 0 Å². The topological polar surface area (TPSA) is 37.3 Å². The highest BCUT2D eigenvalue weighted by molar-refractivity contribution is 5.74. The number of rotatable bonds is 2. The quantitative estimate of drug-likeness (QED) is 0.705. The van der Waals surface area contributed by atoms with Gasteiger partial charge in [0.25, 0.3) is 0 Å². The molecular formula is C13H20O2. The average molecular weight is 208 g/mol. The molecule has 1 rings (SSSR count). The Balaban J connectivity index is 2.78. The van der Waals surface area contributed by atoms with Crippen LogP contribution >= 0.6 is 0 Å². The Morgan fingerprint density at radius 1 is 1.20 bits per heavy atom. The van der Waals surface area contributed by atoms with Gasteiger partial charge >= 0.3 is 5.97 Å². The van der Waals surface area contributed by atoms with Gasteiger partial charge in [-0.1, -0.05) is 31.2 Å². The number of aliphatic carboxylic acids is 1. The van der Waals surface area contributed by atoms with Gasteiger partial charge in [0, 0.05) is 0 Å². The van der Waals surface area contributed by atoms with E-state index in [-0.39, 0.29) is 0 Å². The first-order valence-electron chi connectivity index (χ1n) is 5.75. The molecule has 0 radical (unpaired) electrons. The molecule has 1 aliphatic rings. The molecule has 2 nitrogen and oxygen atoms in total. The second-order valence-corrected chi connectivity index (χ2v) is 4.20. The average Bonchev–Trinajstić information content (AvgIpc) is 2.25. The summed E-state index contributed by atoms with van der Waals surface area (Å²) in [4.78, 5) is 11.3. The molecule has 1 aliphatic carbocycles. The lowest BCUT2D eigenvalue weighted by atomic mass is 9.77. The summed E-state index contributed by atoms with van der Waals surface area (Å²) < 4.78 is 0. The maximum absolute atomic E-state index is 11.3. The summed E-state index contributed by atoms with van der Waals surface area (Å²) >= 11 is 0. The highest BCUT2D eigenvalue weighted by Gasteiger charge is 2.34. The molecule has 2 heteroatoms. The van der Waals surface area contributed by atoms with Gasteiger partial charge in [-0.3, -0.25) is 4.79 Å². The Kier molecular flexibility index (Phi) is 4.60. The van der Waals surface area contributed by atoms with E-state index in [0.29, 0.717) is 12.8 Å². The smallest absolute Gasteiger partial charge is 0.309 e. The van der Waals surface area contributed by atoms with E-state index in [2.05, 4.69) is 18.2 Å². The number of carboxylic acids is 1. The fourth-order valence-corrected chi connectivity index (χ4v) is 1.98. The SMILES string of the molecule is CCC1(C(=O)O)CC=CCCC=CCC1. The molecule has 0 aromatic carbocycles. The standard InChI is InChI=1S/C13H20O2/c1-2-13(12(14)15)10-8-6-4-3-5-7-9-11-13/h4,6-7,9H,2-3,5,8,10-11H2,1H3,(H,14,15). The van der Waals surface area contributed by atoms with Crippen LogP contribution in [0.1, 0.15) is 45.4 Å². The van der Waals surface area contributed by atoms with Gasteiger partial charge in [0.15, 0.2) is 0 Å². The van der Waals surface area contributed by atoms with Crippen molar-refractivity contribution in [1.29, 1.82) is 0 Å². The van der Waals surface area contributed by atoms with E-state index in [1.807, 2.05) is 13.0 Å². The summed E-state index contributed by atoms with van der Waals surface area (Å²) in [5.41, 5.74) is -0.543. The third-order valence-corrected chi connectivity index (χ3v) is 3.26. The van der Waals surface area contributed by atoms with Crippen LogP contribution in [0.4, 0.5) is 0 Å². The van der Waals surface area contributed by atoms with Crippen molar-refractivity contribution in [2.75, 3.05) is 0 Å². The predicted octanol–water partition coefficient (Wildman–Crippen LogP) is 3.54. The number of carboxylic acid groups (broad SMARTS) is 1. The van der Waals surface area contributed by atoms with E-state index in [4.69, 9.17) is 0 Å². The molecule has 0 amide bonds. The summed E-state index contributed by atoms with van der Waals surface area (Å²) in [6, 6.07) is 0. The number of allylic oxidation sites excluding steroid dienone is 4. The number of carbonyl (C=O) groups is 1. The van der Waals surface area contributed by atoms with E-state index >= 15 is 0 Å². The first kappa shape index (κ1) is 12.0. The Morgan fingerprint density at radius 2 is 1.80 bits per heavy atom. The summed E-state index contributed by atoms with van der Waals surface area (Å²) in [5.74, 6) is -0.649. The van der Waals surface area contributed by atoms with Crippen molar-refractivity contribution >= 4 is 5.97 Å². The largest absolute Gasteiger partial charge is 0.481 e. The van der Waals surface area contributed by atoms with Crippen LogP contribution in [0.25, 0.3) is 0 Å². The van der Waals surface area contributed by atoms with Crippen LogP contribution in [0.15, 0.2) is 24.3 Å². The fourth-order valence-electron chi connectivity index (χ4n) is 1.98. The molecule has 1 N–H and O–H groups in total. The molecule has 0 aromatic rings. The zero-order chi connectivity index (χ0) is 11.1. The highest BCUT2D eigenvalue weighted by atomic mass is 16.4. The zero-order valence-electron chi connectivity index (χ0n) is 9.41. The lowest BCUT2D eigenvalue weighted by Crippen LogP contribution is -2.29. The second-order valence-electron chi connectivity index (χ2n) is 4.20. The summed E-state index contributed by atoms with van der Waals surface area (Å²) in [6.45, 7) is 1.97. The molecule has 0 bridgehead atoms. The zero-order valence-corrected chi connectivity index (χ0v) is 9.41. The molecule has 0 spiro atoms. The summed E-state index contributed by atoms with van der Waals surface area (Å²) in [7, 11) is 0. The highest BCUT2D eigenvalue weighted by Crippen LogP contribution is 2.33. The van der Waals surface area contributed by atoms with Gasteiger partial charge in [-0.25, -0.2) is 0 Å². The summed E-state index contributed by atoms with van der Waals surface area (Å²) in [5, 5.41) is 9.31. The molecule has 0 aromatic heterocycles. The Labute approximate surface area is 91.7 Å². The number of hydrogen-bond acceptors (Lipinski definition) is 1. The lowest BCUT2D eigenvalue weighted by molar-refractivity contribution is -0.149. The molecular weight excluding hydrogens is 188 g/mol. The van der Waals surface area contributed by atoms with Crippen LogP contribution in [-0.2, 0) is 4.79 Å². The molecule has 0 fully saturated rings.